The Labute approximate surface area is 89.3 Å². The highest BCUT2D eigenvalue weighted by molar-refractivity contribution is 5.60. The first kappa shape index (κ1) is 10.3. The van der Waals surface area contributed by atoms with Gasteiger partial charge >= 0.3 is 0 Å². The Hall–Kier alpha value is -1.23. The summed E-state index contributed by atoms with van der Waals surface area (Å²) in [5.41, 5.74) is 6.47. The molecule has 1 aliphatic carbocycles. The van der Waals surface area contributed by atoms with E-state index in [0.717, 1.165) is 31.5 Å². The summed E-state index contributed by atoms with van der Waals surface area (Å²) in [6.45, 7) is 0. The number of aryl methyl sites for hydroxylation is 1. The molecule has 1 fully saturated rings. The van der Waals surface area contributed by atoms with E-state index in [4.69, 9.17) is 5.73 Å². The van der Waals surface area contributed by atoms with E-state index in [1.807, 2.05) is 7.05 Å². The second-order valence-corrected chi connectivity index (χ2v) is 4.26. The lowest BCUT2D eigenvalue weighted by atomic mass is 9.93. The Morgan fingerprint density at radius 2 is 2.13 bits per heavy atom. The summed E-state index contributed by atoms with van der Waals surface area (Å²) in [6.07, 6.45) is 5.37. The molecule has 0 saturated heterocycles. The molecule has 4 N–H and O–H groups in total. The van der Waals surface area contributed by atoms with E-state index in [2.05, 4.69) is 10.4 Å². The van der Waals surface area contributed by atoms with E-state index < -0.39 is 0 Å². The minimum atomic E-state index is -0.121. The first-order valence-electron chi connectivity index (χ1n) is 5.39. The molecule has 1 aromatic rings. The minimum absolute atomic E-state index is 0.121. The van der Waals surface area contributed by atoms with Gasteiger partial charge in [-0.05, 0) is 25.7 Å². The zero-order valence-corrected chi connectivity index (χ0v) is 8.98. The quantitative estimate of drug-likeness (QED) is 0.672. The Morgan fingerprint density at radius 1 is 1.47 bits per heavy atom. The Kier molecular flexibility index (Phi) is 2.81. The third-order valence-electron chi connectivity index (χ3n) is 2.89. The van der Waals surface area contributed by atoms with Gasteiger partial charge in [0.2, 0.25) is 0 Å². The van der Waals surface area contributed by atoms with Gasteiger partial charge in [-0.15, -0.1) is 0 Å². The van der Waals surface area contributed by atoms with Crippen molar-refractivity contribution in [1.82, 2.24) is 9.78 Å². The van der Waals surface area contributed by atoms with Crippen molar-refractivity contribution in [3.8, 4) is 0 Å². The highest BCUT2D eigenvalue weighted by Crippen LogP contribution is 2.23. The summed E-state index contributed by atoms with van der Waals surface area (Å²) in [4.78, 5) is 0. The van der Waals surface area contributed by atoms with Gasteiger partial charge in [0.1, 0.15) is 0 Å². The summed E-state index contributed by atoms with van der Waals surface area (Å²) in [7, 11) is 1.85. The van der Waals surface area contributed by atoms with E-state index in [1.54, 1.807) is 10.9 Å². The largest absolute Gasteiger partial charge is 0.394 e. The van der Waals surface area contributed by atoms with Crippen LogP contribution in [-0.2, 0) is 7.05 Å². The number of nitrogens with zero attached hydrogens (tertiary/aromatic N) is 2. The van der Waals surface area contributed by atoms with Crippen LogP contribution in [0.5, 0.6) is 0 Å². The fourth-order valence-electron chi connectivity index (χ4n) is 2.03. The molecule has 0 bridgehead atoms. The summed E-state index contributed by atoms with van der Waals surface area (Å²) in [5, 5.41) is 16.9. The SMILES string of the molecule is Cn1cc(N)c(NC2CCC(O)CC2)n1. The van der Waals surface area contributed by atoms with Crippen LogP contribution < -0.4 is 11.1 Å². The molecule has 1 saturated carbocycles. The minimum Gasteiger partial charge on any atom is -0.394 e. The zero-order chi connectivity index (χ0) is 10.8. The lowest BCUT2D eigenvalue weighted by molar-refractivity contribution is 0.126. The molecule has 1 aliphatic rings. The van der Waals surface area contributed by atoms with E-state index in [-0.39, 0.29) is 6.10 Å². The number of nitrogens with two attached hydrogens (primary N) is 1. The molecular formula is C10H18N4O. The predicted molar refractivity (Wildman–Crippen MR) is 59.5 cm³/mol. The fraction of sp³-hybridized carbons (Fsp3) is 0.700. The van der Waals surface area contributed by atoms with Crippen LogP contribution in [0, 0.1) is 0 Å². The summed E-state index contributed by atoms with van der Waals surface area (Å²) in [5.74, 6) is 0.763. The van der Waals surface area contributed by atoms with Crippen LogP contribution in [0.4, 0.5) is 11.5 Å². The van der Waals surface area contributed by atoms with Gasteiger partial charge in [0.05, 0.1) is 11.8 Å². The standard InChI is InChI=1S/C10H18N4O/c1-14-6-9(11)10(13-14)12-7-2-4-8(15)5-3-7/h6-8,15H,2-5,11H2,1H3,(H,12,13). The third-order valence-corrected chi connectivity index (χ3v) is 2.89. The van der Waals surface area contributed by atoms with Crippen LogP contribution in [0.2, 0.25) is 0 Å². The number of aliphatic hydroxyl groups excluding tert-OH is 1. The maximum absolute atomic E-state index is 9.38. The number of nitrogen functional groups attached to an aromatic ring is 1. The molecule has 0 amide bonds. The van der Waals surface area contributed by atoms with Crippen molar-refractivity contribution in [1.29, 1.82) is 0 Å². The van der Waals surface area contributed by atoms with Gasteiger partial charge in [0, 0.05) is 19.3 Å². The van der Waals surface area contributed by atoms with Crippen LogP contribution in [0.3, 0.4) is 0 Å². The Morgan fingerprint density at radius 3 is 2.67 bits per heavy atom. The average Bonchev–Trinajstić information content (AvgIpc) is 2.49. The number of aromatic nitrogens is 2. The molecule has 5 heteroatoms. The van der Waals surface area contributed by atoms with E-state index >= 15 is 0 Å². The highest BCUT2D eigenvalue weighted by atomic mass is 16.3. The molecule has 0 unspecified atom stereocenters. The molecule has 0 radical (unpaired) electrons. The monoisotopic (exact) mass is 210 g/mol. The second-order valence-electron chi connectivity index (χ2n) is 4.26. The molecule has 1 heterocycles. The van der Waals surface area contributed by atoms with Crippen LogP contribution >= 0.6 is 0 Å². The molecule has 0 spiro atoms. The van der Waals surface area contributed by atoms with Gasteiger partial charge < -0.3 is 16.2 Å². The van der Waals surface area contributed by atoms with Crippen molar-refractivity contribution in [2.24, 2.45) is 7.05 Å². The number of anilines is 2. The van der Waals surface area contributed by atoms with E-state index in [1.165, 1.54) is 0 Å². The van der Waals surface area contributed by atoms with Gasteiger partial charge in [-0.25, -0.2) is 0 Å². The molecular weight excluding hydrogens is 192 g/mol. The van der Waals surface area contributed by atoms with Crippen molar-refractivity contribution < 1.29 is 5.11 Å². The van der Waals surface area contributed by atoms with Gasteiger partial charge in [0.15, 0.2) is 5.82 Å². The van der Waals surface area contributed by atoms with Crippen LogP contribution in [0.15, 0.2) is 6.20 Å². The molecule has 2 rings (SSSR count). The van der Waals surface area contributed by atoms with Gasteiger partial charge in [-0.1, -0.05) is 0 Å². The van der Waals surface area contributed by atoms with Crippen molar-refractivity contribution >= 4 is 11.5 Å². The number of rotatable bonds is 2. The lowest BCUT2D eigenvalue weighted by Crippen LogP contribution is -2.28. The molecule has 5 nitrogen and oxygen atoms in total. The van der Waals surface area contributed by atoms with E-state index in [0.29, 0.717) is 11.7 Å². The van der Waals surface area contributed by atoms with Crippen LogP contribution in [0.1, 0.15) is 25.7 Å². The number of hydrogen-bond acceptors (Lipinski definition) is 4. The van der Waals surface area contributed by atoms with E-state index in [9.17, 15) is 5.11 Å². The predicted octanol–water partition coefficient (Wildman–Crippen LogP) is 0.718. The normalized spacial score (nSPS) is 26.5. The molecule has 0 atom stereocenters. The van der Waals surface area contributed by atoms with Gasteiger partial charge in [0.25, 0.3) is 0 Å². The topological polar surface area (TPSA) is 76.1 Å². The van der Waals surface area contributed by atoms with Crippen LogP contribution in [0.25, 0.3) is 0 Å². The second kappa shape index (κ2) is 4.10. The number of aliphatic hydroxyl groups is 1. The summed E-state index contributed by atoms with van der Waals surface area (Å²) < 4.78 is 1.70. The molecule has 1 aromatic heterocycles. The molecule has 84 valence electrons. The van der Waals surface area contributed by atoms with Crippen molar-refractivity contribution in [2.45, 2.75) is 37.8 Å². The van der Waals surface area contributed by atoms with Crippen LogP contribution in [-0.4, -0.2) is 27.0 Å². The molecule has 0 aliphatic heterocycles. The maximum Gasteiger partial charge on any atom is 0.171 e. The maximum atomic E-state index is 9.38. The molecule has 15 heavy (non-hydrogen) atoms. The number of hydrogen-bond donors (Lipinski definition) is 3. The highest BCUT2D eigenvalue weighted by Gasteiger charge is 2.20. The third kappa shape index (κ3) is 2.41. The lowest BCUT2D eigenvalue weighted by Gasteiger charge is -2.26. The summed E-state index contributed by atoms with van der Waals surface area (Å²) in [6, 6.07) is 0.394. The zero-order valence-electron chi connectivity index (χ0n) is 8.98. The average molecular weight is 210 g/mol. The van der Waals surface area contributed by atoms with Gasteiger partial charge in [-0.2, -0.15) is 5.10 Å². The first-order chi connectivity index (χ1) is 7.15. The van der Waals surface area contributed by atoms with Crippen molar-refractivity contribution in [3.05, 3.63) is 6.20 Å². The number of nitrogens with one attached hydrogen (secondary N) is 1. The Balaban J connectivity index is 1.94. The molecule has 0 aromatic carbocycles. The van der Waals surface area contributed by atoms with Gasteiger partial charge in [-0.3, -0.25) is 4.68 Å². The Bertz CT molecular complexity index is 328. The van der Waals surface area contributed by atoms with Crippen molar-refractivity contribution in [2.75, 3.05) is 11.1 Å². The van der Waals surface area contributed by atoms with Crippen molar-refractivity contribution in [3.63, 3.8) is 0 Å². The smallest absolute Gasteiger partial charge is 0.171 e. The fourth-order valence-corrected chi connectivity index (χ4v) is 2.03. The summed E-state index contributed by atoms with van der Waals surface area (Å²) >= 11 is 0. The first-order valence-corrected chi connectivity index (χ1v) is 5.39.